The minimum atomic E-state index is -1.35. The fraction of sp³-hybridized carbons (Fsp3) is 0.520. The molecule has 2 heterocycles. The van der Waals surface area contributed by atoms with Crippen molar-refractivity contribution in [2.75, 3.05) is 0 Å². The molecule has 1 N–H and O–H groups in total. The fourth-order valence-corrected chi connectivity index (χ4v) is 6.41. The third-order valence-electron chi connectivity index (χ3n) is 5.69. The van der Waals surface area contributed by atoms with Gasteiger partial charge >= 0.3 is 5.97 Å². The minimum absolute atomic E-state index is 0.188. The Kier molecular flexibility index (Phi) is 7.37. The predicted octanol–water partition coefficient (Wildman–Crippen LogP) is 6.97. The largest absolute Gasteiger partial charge is 0.459 e. The Hall–Kier alpha value is -1.46. The summed E-state index contributed by atoms with van der Waals surface area (Å²) >= 11 is 11.0. The number of carbonyl (C=O) groups excluding carboxylic acids is 1. The number of hydrogen-bond acceptors (Lipinski definition) is 5. The molecular weight excluding hydrogens is 527 g/mol. The van der Waals surface area contributed by atoms with Crippen molar-refractivity contribution in [2.45, 2.75) is 77.0 Å². The second-order valence-corrected chi connectivity index (χ2v) is 13.0. The number of carbonyl (C=O) groups is 1. The molecule has 8 heteroatoms. The third kappa shape index (κ3) is 5.45. The van der Waals surface area contributed by atoms with Gasteiger partial charge in [0.1, 0.15) is 22.9 Å². The van der Waals surface area contributed by atoms with Crippen molar-refractivity contribution in [3.63, 3.8) is 0 Å². The van der Waals surface area contributed by atoms with Gasteiger partial charge in [-0.2, -0.15) is 5.26 Å². The number of rotatable bonds is 4. The lowest BCUT2D eigenvalue weighted by Gasteiger charge is -2.37. The van der Waals surface area contributed by atoms with E-state index in [1.54, 1.807) is 32.9 Å². The SMILES string of the molecule is CC(C)(C)CC1NC(C(=O)OC(C)(C)C)C(c2cc(Br)cs2)C1(C#N)c1ccc(Cl)cc1F. The highest BCUT2D eigenvalue weighted by Crippen LogP contribution is 2.53. The number of nitrogens with zero attached hydrogens (tertiary/aromatic N) is 1. The topological polar surface area (TPSA) is 62.1 Å². The number of benzene rings is 1. The second-order valence-electron chi connectivity index (χ2n) is 10.7. The van der Waals surface area contributed by atoms with Crippen molar-refractivity contribution in [3.8, 4) is 6.07 Å². The van der Waals surface area contributed by atoms with E-state index >= 15 is 4.39 Å². The van der Waals surface area contributed by atoms with E-state index in [9.17, 15) is 10.1 Å². The van der Waals surface area contributed by atoms with Crippen LogP contribution in [0.2, 0.25) is 5.02 Å². The van der Waals surface area contributed by atoms with Crippen LogP contribution in [0.3, 0.4) is 0 Å². The Labute approximate surface area is 212 Å². The third-order valence-corrected chi connectivity index (χ3v) is 7.70. The van der Waals surface area contributed by atoms with Gasteiger partial charge in [-0.1, -0.05) is 38.4 Å². The summed E-state index contributed by atoms with van der Waals surface area (Å²) in [5.41, 5.74) is -2.01. The highest BCUT2D eigenvalue weighted by atomic mass is 79.9. The van der Waals surface area contributed by atoms with Crippen molar-refractivity contribution < 1.29 is 13.9 Å². The Bertz CT molecular complexity index is 1090. The molecule has 4 unspecified atom stereocenters. The molecule has 3 rings (SSSR count). The molecule has 178 valence electrons. The second kappa shape index (κ2) is 9.30. The van der Waals surface area contributed by atoms with E-state index in [1.165, 1.54) is 17.4 Å². The maximum Gasteiger partial charge on any atom is 0.324 e. The lowest BCUT2D eigenvalue weighted by Crippen LogP contribution is -2.44. The standard InChI is InChI=1S/C25H29BrClFN2O2S/c1-23(2,3)11-19-25(13-29,16-8-7-15(27)10-17(16)28)20(18-9-14(26)12-33-18)21(30-19)22(31)32-24(4,5)6/h7-10,12,19-21,30H,11H2,1-6H3. The van der Waals surface area contributed by atoms with E-state index in [0.717, 1.165) is 9.35 Å². The molecule has 1 fully saturated rings. The number of nitriles is 1. The quantitative estimate of drug-likeness (QED) is 0.414. The Balaban J connectivity index is 2.29. The van der Waals surface area contributed by atoms with E-state index in [1.807, 2.05) is 11.4 Å². The van der Waals surface area contributed by atoms with Crippen LogP contribution in [-0.2, 0) is 14.9 Å². The van der Waals surface area contributed by atoms with Crippen LogP contribution in [0.1, 0.15) is 64.3 Å². The molecule has 4 atom stereocenters. The molecule has 0 aliphatic carbocycles. The lowest BCUT2D eigenvalue weighted by molar-refractivity contribution is -0.157. The number of nitrogens with one attached hydrogen (secondary N) is 1. The zero-order chi connectivity index (χ0) is 24.8. The summed E-state index contributed by atoms with van der Waals surface area (Å²) in [4.78, 5) is 14.2. The van der Waals surface area contributed by atoms with Crippen LogP contribution < -0.4 is 5.32 Å². The zero-order valence-corrected chi connectivity index (χ0v) is 22.8. The summed E-state index contributed by atoms with van der Waals surface area (Å²) < 4.78 is 22.0. The first-order chi connectivity index (χ1) is 15.2. The van der Waals surface area contributed by atoms with Crippen LogP contribution >= 0.6 is 38.9 Å². The van der Waals surface area contributed by atoms with E-state index in [2.05, 4.69) is 48.1 Å². The van der Waals surface area contributed by atoms with Gasteiger partial charge in [-0.05, 0) is 66.7 Å². The van der Waals surface area contributed by atoms with Gasteiger partial charge in [0.15, 0.2) is 0 Å². The maximum atomic E-state index is 15.4. The predicted molar refractivity (Wildman–Crippen MR) is 134 cm³/mol. The highest BCUT2D eigenvalue weighted by molar-refractivity contribution is 9.10. The number of thiophene rings is 1. The van der Waals surface area contributed by atoms with Crippen LogP contribution in [0.15, 0.2) is 34.1 Å². The number of hydrogen-bond donors (Lipinski definition) is 1. The summed E-state index contributed by atoms with van der Waals surface area (Å²) in [5.74, 6) is -1.67. The fourth-order valence-electron chi connectivity index (χ4n) is 4.59. The van der Waals surface area contributed by atoms with Crippen LogP contribution in [0.4, 0.5) is 4.39 Å². The van der Waals surface area contributed by atoms with Gasteiger partial charge in [0.05, 0.1) is 6.07 Å². The molecule has 0 saturated carbocycles. The molecule has 0 amide bonds. The average molecular weight is 556 g/mol. The Morgan fingerprint density at radius 1 is 1.30 bits per heavy atom. The zero-order valence-electron chi connectivity index (χ0n) is 19.6. The van der Waals surface area contributed by atoms with Gasteiger partial charge in [-0.25, -0.2) is 4.39 Å². The van der Waals surface area contributed by atoms with Crippen LogP contribution in [-0.4, -0.2) is 23.7 Å². The van der Waals surface area contributed by atoms with E-state index in [0.29, 0.717) is 6.42 Å². The van der Waals surface area contributed by atoms with Crippen molar-refractivity contribution >= 4 is 44.8 Å². The van der Waals surface area contributed by atoms with E-state index in [-0.39, 0.29) is 16.0 Å². The lowest BCUT2D eigenvalue weighted by atomic mass is 9.64. The minimum Gasteiger partial charge on any atom is -0.459 e. The molecule has 1 aliphatic rings. The Morgan fingerprint density at radius 2 is 1.97 bits per heavy atom. The molecule has 33 heavy (non-hydrogen) atoms. The number of esters is 1. The summed E-state index contributed by atoms with van der Waals surface area (Å²) in [7, 11) is 0. The first kappa shape index (κ1) is 26.2. The first-order valence-electron chi connectivity index (χ1n) is 10.8. The maximum absolute atomic E-state index is 15.4. The van der Waals surface area contributed by atoms with Gasteiger partial charge in [0.2, 0.25) is 0 Å². The van der Waals surface area contributed by atoms with Crippen molar-refractivity contribution in [1.82, 2.24) is 5.32 Å². The monoisotopic (exact) mass is 554 g/mol. The number of halogens is 3. The molecule has 0 radical (unpaired) electrons. The molecule has 0 bridgehead atoms. The van der Waals surface area contributed by atoms with Crippen LogP contribution in [0, 0.1) is 22.6 Å². The molecular formula is C25H29BrClFN2O2S. The van der Waals surface area contributed by atoms with Crippen LogP contribution in [0.5, 0.6) is 0 Å². The van der Waals surface area contributed by atoms with Gasteiger partial charge in [0.25, 0.3) is 0 Å². The molecule has 1 aromatic heterocycles. The summed E-state index contributed by atoms with van der Waals surface area (Å²) in [6.45, 7) is 11.6. The molecule has 0 spiro atoms. The smallest absolute Gasteiger partial charge is 0.324 e. The van der Waals surface area contributed by atoms with Gasteiger partial charge in [0, 0.05) is 37.3 Å². The van der Waals surface area contributed by atoms with Gasteiger partial charge in [-0.15, -0.1) is 11.3 Å². The van der Waals surface area contributed by atoms with Gasteiger partial charge < -0.3 is 4.74 Å². The normalized spacial score (nSPS) is 25.6. The van der Waals surface area contributed by atoms with E-state index < -0.39 is 40.8 Å². The Morgan fingerprint density at radius 3 is 2.45 bits per heavy atom. The van der Waals surface area contributed by atoms with Crippen molar-refractivity contribution in [2.24, 2.45) is 5.41 Å². The molecule has 1 aliphatic heterocycles. The molecule has 1 saturated heterocycles. The molecule has 2 aromatic rings. The molecule has 4 nitrogen and oxygen atoms in total. The average Bonchev–Trinajstić information content (AvgIpc) is 3.20. The van der Waals surface area contributed by atoms with Crippen molar-refractivity contribution in [3.05, 3.63) is 55.4 Å². The molecule has 1 aromatic carbocycles. The summed E-state index contributed by atoms with van der Waals surface area (Å²) in [6.07, 6.45) is 0.547. The highest BCUT2D eigenvalue weighted by Gasteiger charge is 2.61. The van der Waals surface area contributed by atoms with Gasteiger partial charge in [-0.3, -0.25) is 10.1 Å². The van der Waals surface area contributed by atoms with Crippen LogP contribution in [0.25, 0.3) is 0 Å². The summed E-state index contributed by atoms with van der Waals surface area (Å²) in [5, 5.41) is 16.3. The van der Waals surface area contributed by atoms with Crippen molar-refractivity contribution in [1.29, 1.82) is 5.26 Å². The summed E-state index contributed by atoms with van der Waals surface area (Å²) in [6, 6.07) is 7.44. The van der Waals surface area contributed by atoms with E-state index in [4.69, 9.17) is 16.3 Å². The number of ether oxygens (including phenoxy) is 1. The first-order valence-corrected chi connectivity index (χ1v) is 12.8.